The number of aryl methyl sites for hydroxylation is 1. The molecule has 1 aliphatic rings. The molecule has 1 unspecified atom stereocenters. The first kappa shape index (κ1) is 13.4. The van der Waals surface area contributed by atoms with Gasteiger partial charge in [-0.2, -0.15) is 0 Å². The number of nitrogens with two attached hydrogens (primary N) is 1. The van der Waals surface area contributed by atoms with Crippen LogP contribution in [-0.2, 0) is 6.54 Å². The molecule has 0 bridgehead atoms. The summed E-state index contributed by atoms with van der Waals surface area (Å²) in [6, 6.07) is 6.47. The molecule has 18 heavy (non-hydrogen) atoms. The Bertz CT molecular complexity index is 415. The normalized spacial score (nSPS) is 25.0. The standard InChI is InChI=1S/C15H24N2O/c1-12-4-5-14(13(10-12)11-16)17-8-3-6-15(2,18)7-9-17/h4-5,10,18H,3,6-9,11,16H2,1-2H3. The number of hydrogen-bond acceptors (Lipinski definition) is 3. The average Bonchev–Trinajstić information content (AvgIpc) is 2.50. The van der Waals surface area contributed by atoms with Crippen LogP contribution in [0, 0.1) is 6.92 Å². The Morgan fingerprint density at radius 1 is 1.33 bits per heavy atom. The summed E-state index contributed by atoms with van der Waals surface area (Å²) in [5.74, 6) is 0. The molecule has 1 aromatic rings. The van der Waals surface area contributed by atoms with Crippen LogP contribution in [0.4, 0.5) is 5.69 Å². The van der Waals surface area contributed by atoms with Crippen molar-refractivity contribution < 1.29 is 5.11 Å². The molecular formula is C15H24N2O. The van der Waals surface area contributed by atoms with Crippen LogP contribution in [0.25, 0.3) is 0 Å². The van der Waals surface area contributed by atoms with E-state index >= 15 is 0 Å². The van der Waals surface area contributed by atoms with Crippen molar-refractivity contribution in [1.82, 2.24) is 0 Å². The summed E-state index contributed by atoms with van der Waals surface area (Å²) in [7, 11) is 0. The molecule has 1 aliphatic heterocycles. The van der Waals surface area contributed by atoms with Crippen LogP contribution in [0.1, 0.15) is 37.3 Å². The van der Waals surface area contributed by atoms with Gasteiger partial charge in [-0.15, -0.1) is 0 Å². The lowest BCUT2D eigenvalue weighted by Gasteiger charge is -2.26. The first-order chi connectivity index (χ1) is 8.52. The van der Waals surface area contributed by atoms with E-state index in [0.29, 0.717) is 6.54 Å². The predicted octanol–water partition coefficient (Wildman–Crippen LogP) is 2.20. The SMILES string of the molecule is Cc1ccc(N2CCCC(C)(O)CC2)c(CN)c1. The fourth-order valence-electron chi connectivity index (χ4n) is 2.69. The van der Waals surface area contributed by atoms with E-state index in [1.54, 1.807) is 0 Å². The first-order valence-corrected chi connectivity index (χ1v) is 6.79. The Labute approximate surface area is 110 Å². The minimum Gasteiger partial charge on any atom is -0.390 e. The van der Waals surface area contributed by atoms with Crippen LogP contribution >= 0.6 is 0 Å². The van der Waals surface area contributed by atoms with E-state index in [-0.39, 0.29) is 0 Å². The van der Waals surface area contributed by atoms with Crippen molar-refractivity contribution in [2.24, 2.45) is 5.73 Å². The highest BCUT2D eigenvalue weighted by molar-refractivity contribution is 5.55. The number of benzene rings is 1. The van der Waals surface area contributed by atoms with E-state index in [1.165, 1.54) is 16.8 Å². The van der Waals surface area contributed by atoms with Crippen molar-refractivity contribution >= 4 is 5.69 Å². The molecule has 3 N–H and O–H groups in total. The summed E-state index contributed by atoms with van der Waals surface area (Å²) < 4.78 is 0. The Morgan fingerprint density at radius 2 is 2.11 bits per heavy atom. The van der Waals surface area contributed by atoms with E-state index in [9.17, 15) is 5.11 Å². The van der Waals surface area contributed by atoms with Gasteiger partial charge in [0.05, 0.1) is 5.60 Å². The van der Waals surface area contributed by atoms with Gasteiger partial charge < -0.3 is 15.7 Å². The maximum atomic E-state index is 10.1. The molecule has 1 fully saturated rings. The second kappa shape index (κ2) is 5.29. The molecule has 0 saturated carbocycles. The van der Waals surface area contributed by atoms with Gasteiger partial charge in [-0.3, -0.25) is 0 Å². The van der Waals surface area contributed by atoms with Crippen LogP contribution < -0.4 is 10.6 Å². The van der Waals surface area contributed by atoms with Crippen molar-refractivity contribution in [3.8, 4) is 0 Å². The quantitative estimate of drug-likeness (QED) is 0.843. The molecule has 1 atom stereocenters. The molecule has 1 saturated heterocycles. The van der Waals surface area contributed by atoms with Gasteiger partial charge in [0.1, 0.15) is 0 Å². The monoisotopic (exact) mass is 248 g/mol. The number of nitrogens with zero attached hydrogens (tertiary/aromatic N) is 1. The zero-order chi connectivity index (χ0) is 13.2. The predicted molar refractivity (Wildman–Crippen MR) is 75.8 cm³/mol. The van der Waals surface area contributed by atoms with E-state index in [4.69, 9.17) is 5.73 Å². The Kier molecular flexibility index (Phi) is 3.93. The molecule has 0 amide bonds. The van der Waals surface area contributed by atoms with Crippen molar-refractivity contribution in [1.29, 1.82) is 0 Å². The molecule has 0 spiro atoms. The van der Waals surface area contributed by atoms with Gasteiger partial charge in [0.25, 0.3) is 0 Å². The third-order valence-corrected chi connectivity index (χ3v) is 3.86. The molecule has 3 nitrogen and oxygen atoms in total. The zero-order valence-electron chi connectivity index (χ0n) is 11.4. The summed E-state index contributed by atoms with van der Waals surface area (Å²) >= 11 is 0. The minimum absolute atomic E-state index is 0.512. The van der Waals surface area contributed by atoms with Crippen LogP contribution in [0.2, 0.25) is 0 Å². The van der Waals surface area contributed by atoms with Crippen LogP contribution in [0.5, 0.6) is 0 Å². The lowest BCUT2D eigenvalue weighted by atomic mass is 9.98. The van der Waals surface area contributed by atoms with Crippen molar-refractivity contribution in [3.63, 3.8) is 0 Å². The summed E-state index contributed by atoms with van der Waals surface area (Å²) in [4.78, 5) is 2.36. The van der Waals surface area contributed by atoms with Crippen LogP contribution in [0.3, 0.4) is 0 Å². The molecule has 0 aliphatic carbocycles. The molecule has 0 aromatic heterocycles. The third-order valence-electron chi connectivity index (χ3n) is 3.86. The Balaban J connectivity index is 2.21. The van der Waals surface area contributed by atoms with E-state index < -0.39 is 5.60 Å². The summed E-state index contributed by atoms with van der Waals surface area (Å²) in [6.07, 6.45) is 2.74. The number of hydrogen-bond donors (Lipinski definition) is 2. The average molecular weight is 248 g/mol. The smallest absolute Gasteiger partial charge is 0.0637 e. The van der Waals surface area contributed by atoms with Gasteiger partial charge in [-0.05, 0) is 44.7 Å². The molecule has 3 heteroatoms. The van der Waals surface area contributed by atoms with E-state index in [0.717, 1.165) is 32.4 Å². The van der Waals surface area contributed by atoms with Crippen molar-refractivity contribution in [2.75, 3.05) is 18.0 Å². The largest absolute Gasteiger partial charge is 0.390 e. The highest BCUT2D eigenvalue weighted by Crippen LogP contribution is 2.28. The van der Waals surface area contributed by atoms with E-state index in [2.05, 4.69) is 30.0 Å². The van der Waals surface area contributed by atoms with Gasteiger partial charge >= 0.3 is 0 Å². The highest BCUT2D eigenvalue weighted by Gasteiger charge is 2.25. The van der Waals surface area contributed by atoms with Gasteiger partial charge in [-0.1, -0.05) is 17.7 Å². The second-order valence-electron chi connectivity index (χ2n) is 5.67. The summed E-state index contributed by atoms with van der Waals surface area (Å²) in [5, 5.41) is 10.1. The summed E-state index contributed by atoms with van der Waals surface area (Å²) in [5.41, 5.74) is 9.02. The van der Waals surface area contributed by atoms with Crippen LogP contribution in [-0.4, -0.2) is 23.8 Å². The number of anilines is 1. The third kappa shape index (κ3) is 3.03. The van der Waals surface area contributed by atoms with Crippen LogP contribution in [0.15, 0.2) is 18.2 Å². The van der Waals surface area contributed by atoms with Gasteiger partial charge in [0.15, 0.2) is 0 Å². The fourth-order valence-corrected chi connectivity index (χ4v) is 2.69. The van der Waals surface area contributed by atoms with Crippen molar-refractivity contribution in [3.05, 3.63) is 29.3 Å². The molecular weight excluding hydrogens is 224 g/mol. The van der Waals surface area contributed by atoms with E-state index in [1.807, 2.05) is 6.92 Å². The fraction of sp³-hybridized carbons (Fsp3) is 0.600. The zero-order valence-corrected chi connectivity index (χ0v) is 11.4. The first-order valence-electron chi connectivity index (χ1n) is 6.79. The van der Waals surface area contributed by atoms with Gasteiger partial charge in [0.2, 0.25) is 0 Å². The maximum Gasteiger partial charge on any atom is 0.0637 e. The maximum absolute atomic E-state index is 10.1. The molecule has 1 heterocycles. The highest BCUT2D eigenvalue weighted by atomic mass is 16.3. The molecule has 0 radical (unpaired) electrons. The Hall–Kier alpha value is -1.06. The topological polar surface area (TPSA) is 49.5 Å². The summed E-state index contributed by atoms with van der Waals surface area (Å²) in [6.45, 7) is 6.52. The lowest BCUT2D eigenvalue weighted by Crippen LogP contribution is -2.29. The number of aliphatic hydroxyl groups is 1. The van der Waals surface area contributed by atoms with Gasteiger partial charge in [-0.25, -0.2) is 0 Å². The minimum atomic E-state index is -0.512. The van der Waals surface area contributed by atoms with Gasteiger partial charge in [0, 0.05) is 25.3 Å². The number of rotatable bonds is 2. The molecule has 1 aromatic carbocycles. The Morgan fingerprint density at radius 3 is 2.83 bits per heavy atom. The lowest BCUT2D eigenvalue weighted by molar-refractivity contribution is 0.0481. The molecule has 100 valence electrons. The van der Waals surface area contributed by atoms with Crippen molar-refractivity contribution in [2.45, 2.75) is 45.3 Å². The second-order valence-corrected chi connectivity index (χ2v) is 5.67. The molecule has 2 rings (SSSR count).